The molecule has 1 rings (SSSR count). The normalized spacial score (nSPS) is 18.2. The summed E-state index contributed by atoms with van der Waals surface area (Å²) in [6.07, 6.45) is 3.45. The molecular formula is C13H23N3O. The first-order valence-corrected chi connectivity index (χ1v) is 6.49. The van der Waals surface area contributed by atoms with Gasteiger partial charge in [0.1, 0.15) is 0 Å². The van der Waals surface area contributed by atoms with Gasteiger partial charge < -0.3 is 4.90 Å². The molecule has 0 aromatic carbocycles. The maximum absolute atomic E-state index is 12.3. The highest BCUT2D eigenvalue weighted by Crippen LogP contribution is 2.13. The average molecular weight is 237 g/mol. The molecule has 1 saturated heterocycles. The summed E-state index contributed by atoms with van der Waals surface area (Å²) in [5.41, 5.74) is 0. The highest BCUT2D eigenvalue weighted by molar-refractivity contribution is 5.81. The highest BCUT2D eigenvalue weighted by atomic mass is 16.2. The average Bonchev–Trinajstić information content (AvgIpc) is 2.35. The Balaban J connectivity index is 2.62. The van der Waals surface area contributed by atoms with E-state index in [0.29, 0.717) is 6.54 Å². The minimum Gasteiger partial charge on any atom is -0.341 e. The third-order valence-electron chi connectivity index (χ3n) is 3.44. The second kappa shape index (κ2) is 6.61. The molecule has 0 N–H and O–H groups in total. The van der Waals surface area contributed by atoms with Crippen LogP contribution in [0.1, 0.15) is 40.0 Å². The van der Waals surface area contributed by atoms with Crippen LogP contribution in [-0.2, 0) is 4.79 Å². The fourth-order valence-corrected chi connectivity index (χ4v) is 2.37. The Hall–Kier alpha value is -1.08. The Morgan fingerprint density at radius 1 is 1.29 bits per heavy atom. The summed E-state index contributed by atoms with van der Waals surface area (Å²) in [6.45, 7) is 8.03. The number of piperidine rings is 1. The van der Waals surface area contributed by atoms with Crippen LogP contribution in [0.5, 0.6) is 0 Å². The first-order chi connectivity index (χ1) is 8.07. The molecule has 1 heterocycles. The van der Waals surface area contributed by atoms with Crippen molar-refractivity contribution in [3.63, 3.8) is 0 Å². The van der Waals surface area contributed by atoms with Gasteiger partial charge in [-0.2, -0.15) is 5.26 Å². The van der Waals surface area contributed by atoms with Crippen molar-refractivity contribution in [3.05, 3.63) is 0 Å². The quantitative estimate of drug-likeness (QED) is 0.698. The van der Waals surface area contributed by atoms with Gasteiger partial charge >= 0.3 is 0 Å². The minimum atomic E-state index is -0.187. The summed E-state index contributed by atoms with van der Waals surface area (Å²) in [6, 6.07) is 2.18. The van der Waals surface area contributed by atoms with Gasteiger partial charge in [0, 0.05) is 19.1 Å². The molecule has 0 bridgehead atoms. The van der Waals surface area contributed by atoms with Crippen molar-refractivity contribution in [1.82, 2.24) is 9.80 Å². The molecule has 1 atom stereocenters. The number of likely N-dealkylation sites (tertiary alicyclic amines) is 1. The van der Waals surface area contributed by atoms with Gasteiger partial charge in [-0.3, -0.25) is 9.69 Å². The van der Waals surface area contributed by atoms with Crippen molar-refractivity contribution in [2.75, 3.05) is 19.6 Å². The zero-order chi connectivity index (χ0) is 12.8. The van der Waals surface area contributed by atoms with E-state index in [1.165, 1.54) is 6.42 Å². The van der Waals surface area contributed by atoms with Crippen molar-refractivity contribution in [1.29, 1.82) is 5.26 Å². The zero-order valence-electron chi connectivity index (χ0n) is 11.1. The van der Waals surface area contributed by atoms with Crippen LogP contribution in [0.15, 0.2) is 0 Å². The molecule has 0 aromatic rings. The summed E-state index contributed by atoms with van der Waals surface area (Å²) >= 11 is 0. The lowest BCUT2D eigenvalue weighted by atomic mass is 10.1. The third kappa shape index (κ3) is 3.71. The molecule has 4 nitrogen and oxygen atoms in total. The first-order valence-electron chi connectivity index (χ1n) is 6.49. The van der Waals surface area contributed by atoms with E-state index in [9.17, 15) is 4.79 Å². The van der Waals surface area contributed by atoms with Crippen LogP contribution in [0.2, 0.25) is 0 Å². The molecule has 0 aromatic heterocycles. The van der Waals surface area contributed by atoms with Crippen molar-refractivity contribution >= 4 is 5.91 Å². The van der Waals surface area contributed by atoms with E-state index in [1.807, 2.05) is 30.6 Å². The number of nitriles is 1. The van der Waals surface area contributed by atoms with E-state index < -0.39 is 0 Å². The number of carbonyl (C=O) groups excluding carboxylic acids is 1. The van der Waals surface area contributed by atoms with E-state index in [-0.39, 0.29) is 18.0 Å². The summed E-state index contributed by atoms with van der Waals surface area (Å²) in [4.78, 5) is 16.2. The standard InChI is InChI=1S/C13H23N3O/c1-11(2)16(10-7-14)12(3)13(17)15-8-5-4-6-9-15/h11-12H,4-6,8-10H2,1-3H3. The van der Waals surface area contributed by atoms with Gasteiger partial charge in [-0.1, -0.05) is 0 Å². The van der Waals surface area contributed by atoms with Crippen LogP contribution in [0.3, 0.4) is 0 Å². The number of amides is 1. The summed E-state index contributed by atoms with van der Waals surface area (Å²) in [5, 5.41) is 8.81. The summed E-state index contributed by atoms with van der Waals surface area (Å²) in [7, 11) is 0. The molecule has 0 radical (unpaired) electrons. The maximum atomic E-state index is 12.3. The van der Waals surface area contributed by atoms with Gasteiger partial charge in [0.2, 0.25) is 5.91 Å². The number of carbonyl (C=O) groups is 1. The van der Waals surface area contributed by atoms with Crippen LogP contribution in [-0.4, -0.2) is 47.4 Å². The van der Waals surface area contributed by atoms with E-state index in [4.69, 9.17) is 5.26 Å². The van der Waals surface area contributed by atoms with Gasteiger partial charge in [-0.05, 0) is 40.0 Å². The third-order valence-corrected chi connectivity index (χ3v) is 3.44. The highest BCUT2D eigenvalue weighted by Gasteiger charge is 2.28. The predicted molar refractivity (Wildman–Crippen MR) is 67.3 cm³/mol. The summed E-state index contributed by atoms with van der Waals surface area (Å²) in [5.74, 6) is 0.175. The molecule has 1 unspecified atom stereocenters. The van der Waals surface area contributed by atoms with E-state index in [1.54, 1.807) is 0 Å². The van der Waals surface area contributed by atoms with Gasteiger partial charge in [-0.25, -0.2) is 0 Å². The molecule has 17 heavy (non-hydrogen) atoms. The molecule has 1 aliphatic rings. The Labute approximate surface area is 104 Å². The van der Waals surface area contributed by atoms with Crippen LogP contribution in [0, 0.1) is 11.3 Å². The molecule has 1 amide bonds. The van der Waals surface area contributed by atoms with Crippen LogP contribution in [0.25, 0.3) is 0 Å². The fraction of sp³-hybridized carbons (Fsp3) is 0.846. The molecular weight excluding hydrogens is 214 g/mol. The van der Waals surface area contributed by atoms with Gasteiger partial charge in [0.15, 0.2) is 0 Å². The molecule has 0 aliphatic carbocycles. The number of hydrogen-bond acceptors (Lipinski definition) is 3. The second-order valence-corrected chi connectivity index (χ2v) is 4.99. The fourth-order valence-electron chi connectivity index (χ4n) is 2.37. The topological polar surface area (TPSA) is 47.3 Å². The Bertz CT molecular complexity index is 290. The number of rotatable bonds is 4. The lowest BCUT2D eigenvalue weighted by Gasteiger charge is -2.35. The Kier molecular flexibility index (Phi) is 5.43. The molecule has 1 fully saturated rings. The maximum Gasteiger partial charge on any atom is 0.239 e. The van der Waals surface area contributed by atoms with Crippen LogP contribution in [0.4, 0.5) is 0 Å². The second-order valence-electron chi connectivity index (χ2n) is 4.99. The smallest absolute Gasteiger partial charge is 0.239 e. The Morgan fingerprint density at radius 3 is 2.35 bits per heavy atom. The molecule has 4 heteroatoms. The van der Waals surface area contributed by atoms with Crippen molar-refractivity contribution in [2.45, 2.75) is 52.1 Å². The van der Waals surface area contributed by atoms with Gasteiger partial charge in [0.05, 0.1) is 18.7 Å². The predicted octanol–water partition coefficient (Wildman–Crippen LogP) is 1.62. The summed E-state index contributed by atoms with van der Waals surface area (Å²) < 4.78 is 0. The van der Waals surface area contributed by atoms with Gasteiger partial charge in [-0.15, -0.1) is 0 Å². The van der Waals surface area contributed by atoms with E-state index in [0.717, 1.165) is 25.9 Å². The monoisotopic (exact) mass is 237 g/mol. The lowest BCUT2D eigenvalue weighted by Crippen LogP contribution is -2.50. The minimum absolute atomic E-state index is 0.175. The van der Waals surface area contributed by atoms with E-state index in [2.05, 4.69) is 6.07 Å². The SMILES string of the molecule is CC(C)N(CC#N)C(C)C(=O)N1CCCCC1. The van der Waals surface area contributed by atoms with Crippen LogP contribution < -0.4 is 0 Å². The largest absolute Gasteiger partial charge is 0.341 e. The Morgan fingerprint density at radius 2 is 1.88 bits per heavy atom. The number of nitrogens with zero attached hydrogens (tertiary/aromatic N) is 3. The van der Waals surface area contributed by atoms with E-state index >= 15 is 0 Å². The van der Waals surface area contributed by atoms with Crippen LogP contribution >= 0.6 is 0 Å². The van der Waals surface area contributed by atoms with Crippen molar-refractivity contribution in [2.24, 2.45) is 0 Å². The molecule has 0 spiro atoms. The first kappa shape index (κ1) is 14.0. The number of hydrogen-bond donors (Lipinski definition) is 0. The van der Waals surface area contributed by atoms with Crippen molar-refractivity contribution < 1.29 is 4.79 Å². The molecule has 1 aliphatic heterocycles. The van der Waals surface area contributed by atoms with Crippen molar-refractivity contribution in [3.8, 4) is 6.07 Å². The molecule has 96 valence electrons. The lowest BCUT2D eigenvalue weighted by molar-refractivity contribution is -0.137. The molecule has 0 saturated carbocycles. The zero-order valence-corrected chi connectivity index (χ0v) is 11.1. The van der Waals surface area contributed by atoms with Gasteiger partial charge in [0.25, 0.3) is 0 Å².